The van der Waals surface area contributed by atoms with E-state index in [4.69, 9.17) is 5.11 Å². The molecule has 0 aliphatic rings. The van der Waals surface area contributed by atoms with Crippen LogP contribution in [0, 0.1) is 0 Å². The van der Waals surface area contributed by atoms with Crippen molar-refractivity contribution in [2.75, 3.05) is 0 Å². The van der Waals surface area contributed by atoms with Gasteiger partial charge in [-0.05, 0) is 12.8 Å². The second kappa shape index (κ2) is 9.15. The Morgan fingerprint density at radius 3 is 2.43 bits per heavy atom. The van der Waals surface area contributed by atoms with Crippen molar-refractivity contribution < 1.29 is 24.0 Å². The van der Waals surface area contributed by atoms with Crippen LogP contribution in [0.15, 0.2) is 12.4 Å². The highest BCUT2D eigenvalue weighted by molar-refractivity contribution is 5.90. The molecule has 0 radical (unpaired) electrons. The fraction of sp³-hybridized carbons (Fsp3) is 0.667. The molecule has 1 heterocycles. The fourth-order valence-electron chi connectivity index (χ4n) is 2.33. The summed E-state index contributed by atoms with van der Waals surface area (Å²) in [4.78, 5) is 22.2. The molecule has 21 heavy (non-hydrogen) atoms. The second-order valence-corrected chi connectivity index (χ2v) is 5.20. The Morgan fingerprint density at radius 2 is 1.81 bits per heavy atom. The summed E-state index contributed by atoms with van der Waals surface area (Å²) >= 11 is 0. The van der Waals surface area contributed by atoms with Crippen LogP contribution < -0.4 is 4.57 Å². The number of rotatable bonds is 9. The summed E-state index contributed by atoms with van der Waals surface area (Å²) in [6.07, 6.45) is 10.3. The topological polar surface area (TPSA) is 72.4 Å². The number of hydrogen-bond donors (Lipinski definition) is 1. The summed E-state index contributed by atoms with van der Waals surface area (Å²) in [5.41, 5.74) is 0. The van der Waals surface area contributed by atoms with E-state index in [0.29, 0.717) is 6.54 Å². The van der Waals surface area contributed by atoms with E-state index in [0.717, 1.165) is 12.8 Å². The van der Waals surface area contributed by atoms with Crippen LogP contribution in [0.3, 0.4) is 0 Å². The standard InChI is InChI=1S/C15H24N2O4/c1-3-4-5-6-7-8-9-10-17-12-11-16(2)13(17)14(18)21-15(19)20/h11-12H,3-10H2,1-2H3/p+1. The monoisotopic (exact) mass is 297 g/mol. The van der Waals surface area contributed by atoms with Gasteiger partial charge < -0.3 is 9.84 Å². The Balaban J connectivity index is 2.42. The number of carboxylic acid groups (broad SMARTS) is 1. The van der Waals surface area contributed by atoms with Crippen molar-refractivity contribution in [1.82, 2.24) is 4.57 Å². The van der Waals surface area contributed by atoms with Gasteiger partial charge in [-0.2, -0.15) is 0 Å². The van der Waals surface area contributed by atoms with E-state index in [1.165, 1.54) is 32.1 Å². The van der Waals surface area contributed by atoms with Crippen LogP contribution >= 0.6 is 0 Å². The van der Waals surface area contributed by atoms with Gasteiger partial charge in [0.2, 0.25) is 0 Å². The SMILES string of the molecule is CCCCCCCCCn1cc[n+](C)c1C(=O)OC(=O)O. The van der Waals surface area contributed by atoms with Gasteiger partial charge in [-0.1, -0.05) is 39.0 Å². The van der Waals surface area contributed by atoms with Crippen molar-refractivity contribution in [2.45, 2.75) is 58.4 Å². The van der Waals surface area contributed by atoms with E-state index in [2.05, 4.69) is 11.7 Å². The van der Waals surface area contributed by atoms with Gasteiger partial charge in [-0.25, -0.2) is 18.7 Å². The number of carbonyl (C=O) groups excluding carboxylic acids is 1. The highest BCUT2D eigenvalue weighted by Crippen LogP contribution is 2.09. The second-order valence-electron chi connectivity index (χ2n) is 5.20. The van der Waals surface area contributed by atoms with Crippen LogP contribution in [-0.2, 0) is 18.3 Å². The number of carbonyl (C=O) groups is 2. The molecule has 0 saturated carbocycles. The van der Waals surface area contributed by atoms with Crippen molar-refractivity contribution in [1.29, 1.82) is 0 Å². The smallest absolute Gasteiger partial charge is 0.449 e. The van der Waals surface area contributed by atoms with E-state index in [9.17, 15) is 9.59 Å². The minimum atomic E-state index is -1.58. The van der Waals surface area contributed by atoms with E-state index in [1.807, 2.05) is 0 Å². The molecule has 1 rings (SSSR count). The molecule has 0 aliphatic heterocycles. The molecule has 6 nitrogen and oxygen atoms in total. The maximum absolute atomic E-state index is 11.7. The third kappa shape index (κ3) is 5.97. The van der Waals surface area contributed by atoms with Gasteiger partial charge in [0, 0.05) is 0 Å². The molecule has 0 fully saturated rings. The molecule has 1 aromatic rings. The first-order valence-corrected chi connectivity index (χ1v) is 7.56. The summed E-state index contributed by atoms with van der Waals surface area (Å²) in [5, 5.41) is 8.52. The highest BCUT2D eigenvalue weighted by atomic mass is 16.7. The maximum atomic E-state index is 11.7. The molecule has 0 bridgehead atoms. The average Bonchev–Trinajstić information content (AvgIpc) is 2.78. The van der Waals surface area contributed by atoms with Gasteiger partial charge in [0.15, 0.2) is 0 Å². The van der Waals surface area contributed by atoms with Gasteiger partial charge in [-0.3, -0.25) is 0 Å². The van der Waals surface area contributed by atoms with Gasteiger partial charge in [0.05, 0.1) is 13.6 Å². The summed E-state index contributed by atoms with van der Waals surface area (Å²) < 4.78 is 7.55. The quantitative estimate of drug-likeness (QED) is 0.329. The molecule has 0 aliphatic carbocycles. The van der Waals surface area contributed by atoms with Crippen molar-refractivity contribution in [3.63, 3.8) is 0 Å². The highest BCUT2D eigenvalue weighted by Gasteiger charge is 2.26. The first kappa shape index (κ1) is 17.2. The van der Waals surface area contributed by atoms with Crippen LogP contribution in [0.1, 0.15) is 62.5 Å². The molecule has 0 amide bonds. The van der Waals surface area contributed by atoms with E-state index >= 15 is 0 Å². The maximum Gasteiger partial charge on any atom is 0.514 e. The number of aryl methyl sites for hydroxylation is 2. The first-order valence-electron chi connectivity index (χ1n) is 7.56. The Labute approximate surface area is 125 Å². The number of ether oxygens (including phenoxy) is 1. The van der Waals surface area contributed by atoms with Gasteiger partial charge in [0.1, 0.15) is 12.4 Å². The van der Waals surface area contributed by atoms with Crippen molar-refractivity contribution in [3.05, 3.63) is 18.2 Å². The van der Waals surface area contributed by atoms with Crippen LogP contribution in [0.2, 0.25) is 0 Å². The van der Waals surface area contributed by atoms with E-state index in [-0.39, 0.29) is 5.82 Å². The Bertz CT molecular complexity index is 468. The minimum Gasteiger partial charge on any atom is -0.449 e. The van der Waals surface area contributed by atoms with Crippen molar-refractivity contribution in [3.8, 4) is 0 Å². The lowest BCUT2D eigenvalue weighted by Crippen LogP contribution is -2.36. The minimum absolute atomic E-state index is 0.253. The van der Waals surface area contributed by atoms with Crippen molar-refractivity contribution in [2.24, 2.45) is 7.05 Å². The predicted molar refractivity (Wildman–Crippen MR) is 77.0 cm³/mol. The summed E-state index contributed by atoms with van der Waals surface area (Å²) in [6.45, 7) is 2.89. The fourth-order valence-corrected chi connectivity index (χ4v) is 2.33. The Morgan fingerprint density at radius 1 is 1.19 bits per heavy atom. The number of imidazole rings is 1. The molecule has 0 unspecified atom stereocenters. The Kier molecular flexibility index (Phi) is 7.50. The van der Waals surface area contributed by atoms with Crippen LogP contribution in [0.25, 0.3) is 0 Å². The van der Waals surface area contributed by atoms with Crippen molar-refractivity contribution >= 4 is 12.1 Å². The third-order valence-corrected chi connectivity index (χ3v) is 3.44. The van der Waals surface area contributed by atoms with Gasteiger partial charge in [0.25, 0.3) is 0 Å². The Hall–Kier alpha value is -1.85. The normalized spacial score (nSPS) is 10.6. The molecular weight excluding hydrogens is 272 g/mol. The average molecular weight is 297 g/mol. The van der Waals surface area contributed by atoms with Crippen LogP contribution in [0.4, 0.5) is 4.79 Å². The number of esters is 1. The van der Waals surface area contributed by atoms with Gasteiger partial charge >= 0.3 is 17.9 Å². The molecule has 0 spiro atoms. The summed E-state index contributed by atoms with van der Waals surface area (Å²) in [6, 6.07) is 0. The summed E-state index contributed by atoms with van der Waals surface area (Å²) in [7, 11) is 1.69. The van der Waals surface area contributed by atoms with E-state index in [1.54, 1.807) is 28.6 Å². The molecule has 118 valence electrons. The zero-order valence-electron chi connectivity index (χ0n) is 12.9. The number of unbranched alkanes of at least 4 members (excludes halogenated alkanes) is 6. The van der Waals surface area contributed by atoms with E-state index < -0.39 is 12.1 Å². The number of nitrogens with zero attached hydrogens (tertiary/aromatic N) is 2. The molecule has 1 aromatic heterocycles. The zero-order valence-corrected chi connectivity index (χ0v) is 12.9. The predicted octanol–water partition coefficient (Wildman–Crippen LogP) is 2.90. The summed E-state index contributed by atoms with van der Waals surface area (Å²) in [5.74, 6) is -0.582. The van der Waals surface area contributed by atoms with Crippen LogP contribution in [-0.4, -0.2) is 21.8 Å². The van der Waals surface area contributed by atoms with Gasteiger partial charge in [-0.15, -0.1) is 0 Å². The molecular formula is C15H25N2O4+. The van der Waals surface area contributed by atoms with Crippen LogP contribution in [0.5, 0.6) is 0 Å². The third-order valence-electron chi connectivity index (χ3n) is 3.44. The largest absolute Gasteiger partial charge is 0.514 e. The lowest BCUT2D eigenvalue weighted by molar-refractivity contribution is -0.673. The zero-order chi connectivity index (χ0) is 15.7. The molecule has 0 saturated heterocycles. The molecule has 1 N–H and O–H groups in total. The first-order chi connectivity index (χ1) is 10.1. The lowest BCUT2D eigenvalue weighted by Gasteiger charge is -2.02. The number of hydrogen-bond acceptors (Lipinski definition) is 3. The molecule has 0 atom stereocenters. The lowest BCUT2D eigenvalue weighted by atomic mass is 10.1. The molecule has 0 aromatic carbocycles. The molecule has 6 heteroatoms. The number of aromatic nitrogens is 2.